The third-order valence-electron chi connectivity index (χ3n) is 13.7. The summed E-state index contributed by atoms with van der Waals surface area (Å²) >= 11 is 13.1. The van der Waals surface area contributed by atoms with Crippen LogP contribution in [0.2, 0.25) is 10.0 Å². The van der Waals surface area contributed by atoms with Gasteiger partial charge in [-0.25, -0.2) is 13.2 Å². The van der Waals surface area contributed by atoms with Gasteiger partial charge >= 0.3 is 18.7 Å². The molecule has 4 saturated heterocycles. The molecule has 18 heteroatoms. The first-order valence-electron chi connectivity index (χ1n) is 23.3. The number of halogens is 4. The van der Waals surface area contributed by atoms with Crippen LogP contribution < -0.4 is 10.1 Å². The zero-order valence-corrected chi connectivity index (χ0v) is 40.3. The van der Waals surface area contributed by atoms with Crippen LogP contribution in [0.1, 0.15) is 67.3 Å². The molecule has 6 aliphatic rings. The van der Waals surface area contributed by atoms with Crippen LogP contribution in [0, 0.1) is 23.2 Å². The number of aromatic nitrogens is 1. The lowest BCUT2D eigenvalue weighted by Gasteiger charge is -2.43. The normalized spacial score (nSPS) is 23.5. The number of esters is 1. The van der Waals surface area contributed by atoms with Crippen LogP contribution in [-0.4, -0.2) is 92.8 Å². The minimum absolute atomic E-state index is 0.0334. The molecule has 1 aromatic heterocycles. The van der Waals surface area contributed by atoms with E-state index in [1.807, 2.05) is 55.5 Å². The predicted octanol–water partition coefficient (Wildman–Crippen LogP) is 9.50. The maximum absolute atomic E-state index is 14.0. The molecular formula is C51H54Cl2F2N4O9S. The van der Waals surface area contributed by atoms with Crippen molar-refractivity contribution < 1.29 is 50.5 Å². The number of carbonyl (C=O) groups is 2. The van der Waals surface area contributed by atoms with Crippen molar-refractivity contribution in [2.45, 2.75) is 81.8 Å². The Morgan fingerprint density at radius 1 is 0.899 bits per heavy atom. The Hall–Kier alpha value is -5.26. The molecule has 1 saturated carbocycles. The first kappa shape index (κ1) is 48.8. The van der Waals surface area contributed by atoms with Gasteiger partial charge in [-0.3, -0.25) is 14.7 Å². The monoisotopic (exact) mass is 1010 g/mol. The molecule has 2 bridgehead atoms. The van der Waals surface area contributed by atoms with Gasteiger partial charge in [0.05, 0.1) is 33.5 Å². The number of sulfonamides is 1. The summed E-state index contributed by atoms with van der Waals surface area (Å²) in [5.41, 5.74) is 1.72. The van der Waals surface area contributed by atoms with Gasteiger partial charge in [0.15, 0.2) is 5.76 Å². The molecule has 0 spiro atoms. The molecule has 5 heterocycles. The van der Waals surface area contributed by atoms with Crippen molar-refractivity contribution in [1.82, 2.24) is 19.5 Å². The molecule has 4 aliphatic heterocycles. The van der Waals surface area contributed by atoms with Crippen LogP contribution in [0.5, 0.6) is 5.75 Å². The first-order chi connectivity index (χ1) is 33.2. The van der Waals surface area contributed by atoms with Crippen molar-refractivity contribution in [3.05, 3.63) is 147 Å². The third kappa shape index (κ3) is 11.7. The number of alkyl carbamates (subject to hydrolysis) is 1. The molecule has 1 amide bonds. The van der Waals surface area contributed by atoms with E-state index in [2.05, 4.69) is 15.2 Å². The molecule has 5 fully saturated rings. The van der Waals surface area contributed by atoms with Gasteiger partial charge in [-0.15, -0.1) is 0 Å². The summed E-state index contributed by atoms with van der Waals surface area (Å²) < 4.78 is 85.3. The smallest absolute Gasteiger partial charge is 0.408 e. The third-order valence-corrected chi connectivity index (χ3v) is 16.2. The number of ether oxygens (including phenoxy) is 5. The molecule has 3 aromatic carbocycles. The molecule has 4 atom stereocenters. The standard InChI is InChI=1S/C51H54Cl2F2N4O9S/c1-51(18-15-43(66-49(54)55)44(24-51)65-30-32-13-14-32)46(23-40-41(52)25-56-26-42(40)53)68-48(60)37-27-59(28-37)69(62,63)39-12-5-7-33(21-39)31-64-38-11-6-10-36(22-38)47(35-8-3-2-4-9-35)57-50(61)67-45-29-58-19-16-34(45)17-20-58/h2-12,15,18,21-22,25-26,32,34,37,45-47,49H,13-14,16-17,19-20,23-24,27-31H2,1H3,(H,57,61)/t45-,46-,47-,51?/m0/s1. The molecule has 0 radical (unpaired) electrons. The minimum atomic E-state index is -4.04. The second-order valence-corrected chi connectivity index (χ2v) is 21.5. The molecular weight excluding hydrogens is 954 g/mol. The van der Waals surface area contributed by atoms with Crippen molar-refractivity contribution in [2.24, 2.45) is 23.2 Å². The number of amides is 1. The van der Waals surface area contributed by atoms with E-state index in [1.54, 1.807) is 30.3 Å². The van der Waals surface area contributed by atoms with Gasteiger partial charge in [0.25, 0.3) is 0 Å². The quantitative estimate of drug-likeness (QED) is 0.0897. The average Bonchev–Trinajstić information content (AvgIpc) is 4.16. The lowest BCUT2D eigenvalue weighted by Crippen LogP contribution is -2.54. The van der Waals surface area contributed by atoms with Gasteiger partial charge in [-0.1, -0.05) is 90.8 Å². The summed E-state index contributed by atoms with van der Waals surface area (Å²) in [4.78, 5) is 33.7. The van der Waals surface area contributed by atoms with E-state index in [0.29, 0.717) is 35.3 Å². The second-order valence-electron chi connectivity index (χ2n) is 18.7. The molecule has 1 N–H and O–H groups in total. The minimum Gasteiger partial charge on any atom is -0.494 e. The van der Waals surface area contributed by atoms with Gasteiger partial charge in [0.2, 0.25) is 10.0 Å². The van der Waals surface area contributed by atoms with Gasteiger partial charge in [0, 0.05) is 50.3 Å². The number of rotatable bonds is 19. The number of piperidine rings is 3. The van der Waals surface area contributed by atoms with Crippen molar-refractivity contribution in [3.8, 4) is 5.75 Å². The number of pyridine rings is 1. The largest absolute Gasteiger partial charge is 0.494 e. The predicted molar refractivity (Wildman–Crippen MR) is 253 cm³/mol. The summed E-state index contributed by atoms with van der Waals surface area (Å²) in [7, 11) is -4.04. The Morgan fingerprint density at radius 2 is 1.62 bits per heavy atom. The fourth-order valence-corrected chi connectivity index (χ4v) is 11.5. The van der Waals surface area contributed by atoms with Gasteiger partial charge in [-0.2, -0.15) is 13.1 Å². The maximum atomic E-state index is 14.0. The van der Waals surface area contributed by atoms with E-state index in [1.165, 1.54) is 28.8 Å². The lowest BCUT2D eigenvalue weighted by molar-refractivity contribution is -0.163. The Morgan fingerprint density at radius 3 is 2.32 bits per heavy atom. The summed E-state index contributed by atoms with van der Waals surface area (Å²) in [6, 6.07) is 22.9. The fourth-order valence-electron chi connectivity index (χ4n) is 9.38. The number of hydrogen-bond acceptors (Lipinski definition) is 11. The van der Waals surface area contributed by atoms with Crippen LogP contribution in [-0.2, 0) is 46.8 Å². The number of hydrogen-bond donors (Lipinski definition) is 1. The van der Waals surface area contributed by atoms with Crippen LogP contribution in [0.3, 0.4) is 0 Å². The summed E-state index contributed by atoms with van der Waals surface area (Å²) in [5.74, 6) is -0.113. The number of allylic oxidation sites excluding steroid dienone is 2. The Balaban J connectivity index is 0.841. The number of benzene rings is 3. The van der Waals surface area contributed by atoms with Crippen LogP contribution in [0.4, 0.5) is 13.6 Å². The first-order valence-corrected chi connectivity index (χ1v) is 25.4. The van der Waals surface area contributed by atoms with E-state index in [9.17, 15) is 26.8 Å². The van der Waals surface area contributed by atoms with Gasteiger partial charge in [-0.05, 0) is 103 Å². The van der Waals surface area contributed by atoms with Gasteiger partial charge in [0.1, 0.15) is 30.3 Å². The molecule has 4 aromatic rings. The van der Waals surface area contributed by atoms with E-state index < -0.39 is 52.2 Å². The van der Waals surface area contributed by atoms with Crippen molar-refractivity contribution >= 4 is 45.3 Å². The molecule has 2 aliphatic carbocycles. The Bertz CT molecular complexity index is 2660. The fraction of sp³-hybridized carbons (Fsp3) is 0.431. The Kier molecular flexibility index (Phi) is 14.8. The molecule has 69 heavy (non-hydrogen) atoms. The van der Waals surface area contributed by atoms with Crippen molar-refractivity contribution in [1.29, 1.82) is 0 Å². The topological polar surface area (TPSA) is 146 Å². The zero-order valence-electron chi connectivity index (χ0n) is 38.0. The molecule has 13 nitrogen and oxygen atoms in total. The highest BCUT2D eigenvalue weighted by Crippen LogP contribution is 2.44. The van der Waals surface area contributed by atoms with E-state index in [-0.39, 0.29) is 65.1 Å². The van der Waals surface area contributed by atoms with Crippen molar-refractivity contribution in [2.75, 3.05) is 39.3 Å². The highest BCUT2D eigenvalue weighted by molar-refractivity contribution is 7.89. The zero-order chi connectivity index (χ0) is 48.3. The number of alkyl halides is 2. The Labute approximate surface area is 410 Å². The van der Waals surface area contributed by atoms with E-state index in [4.69, 9.17) is 46.9 Å². The SMILES string of the molecule is CC1([C@H](Cc2c(Cl)cncc2Cl)OC(=O)C2CN(S(=O)(=O)c3cccc(COc4cccc([C@@H](NC(=O)O[C@H]5CN6CCC5CC6)c5ccccc5)c4)c3)C2)C=CC(OC(F)F)=C(OCC2CC2)C1. The van der Waals surface area contributed by atoms with E-state index >= 15 is 0 Å². The number of carbonyl (C=O) groups excluding carboxylic acids is 2. The summed E-state index contributed by atoms with van der Waals surface area (Å²) in [5, 5.41) is 3.59. The highest BCUT2D eigenvalue weighted by atomic mass is 35.5. The lowest BCUT2D eigenvalue weighted by atomic mass is 9.75. The highest BCUT2D eigenvalue weighted by Gasteiger charge is 2.46. The van der Waals surface area contributed by atoms with Crippen LogP contribution in [0.15, 0.2) is 120 Å². The van der Waals surface area contributed by atoms with Crippen molar-refractivity contribution in [3.63, 3.8) is 0 Å². The average molecular weight is 1010 g/mol. The summed E-state index contributed by atoms with van der Waals surface area (Å²) in [6.45, 7) is 1.69. The molecule has 10 rings (SSSR count). The number of nitrogens with zero attached hydrogens (tertiary/aromatic N) is 3. The van der Waals surface area contributed by atoms with Crippen LogP contribution in [0.25, 0.3) is 0 Å². The van der Waals surface area contributed by atoms with Gasteiger partial charge < -0.3 is 29.0 Å². The number of nitrogens with one attached hydrogen (secondary N) is 1. The van der Waals surface area contributed by atoms with Crippen LogP contribution >= 0.6 is 23.2 Å². The number of fused-ring (bicyclic) bond motifs is 3. The van der Waals surface area contributed by atoms with E-state index in [0.717, 1.165) is 56.4 Å². The molecule has 1 unspecified atom stereocenters. The second kappa shape index (κ2) is 21.0. The molecule has 366 valence electrons. The maximum Gasteiger partial charge on any atom is 0.408 e. The summed E-state index contributed by atoms with van der Waals surface area (Å²) in [6.07, 6.45) is 8.45.